The van der Waals surface area contributed by atoms with E-state index in [4.69, 9.17) is 4.98 Å². The number of hydrogen-bond donors (Lipinski definition) is 0. The predicted octanol–water partition coefficient (Wildman–Crippen LogP) is 7.98. The Morgan fingerprint density at radius 1 is 0.871 bits per heavy atom. The molecule has 4 rings (SSSR count). The third kappa shape index (κ3) is 4.05. The van der Waals surface area contributed by atoms with Gasteiger partial charge >= 0.3 is 0 Å². The first-order valence-corrected chi connectivity index (χ1v) is 11.2. The number of imidazole rings is 1. The zero-order valence-electron chi connectivity index (χ0n) is 18.6. The Hall–Kier alpha value is -2.85. The molecule has 158 valence electrons. The summed E-state index contributed by atoms with van der Waals surface area (Å²) in [6, 6.07) is 22.6. The van der Waals surface area contributed by atoms with Crippen molar-refractivity contribution in [3.63, 3.8) is 0 Å². The van der Waals surface area contributed by atoms with E-state index in [0.29, 0.717) is 12.1 Å². The minimum atomic E-state index is -0.683. The summed E-state index contributed by atoms with van der Waals surface area (Å²) in [4.78, 5) is 5.07. The smallest absolute Gasteiger partial charge is 0.145 e. The summed E-state index contributed by atoms with van der Waals surface area (Å²) in [7, 11) is 0. The van der Waals surface area contributed by atoms with E-state index in [0.717, 1.165) is 33.9 Å². The molecule has 0 saturated heterocycles. The molecule has 2 nitrogen and oxygen atoms in total. The molecule has 0 fully saturated rings. The summed E-state index contributed by atoms with van der Waals surface area (Å²) < 4.78 is 15.4. The average Bonchev–Trinajstić information content (AvgIpc) is 3.18. The number of benzene rings is 3. The lowest BCUT2D eigenvalue weighted by atomic mass is 9.95. The Balaban J connectivity index is 2.03. The highest BCUT2D eigenvalue weighted by Gasteiger charge is 2.28. The van der Waals surface area contributed by atoms with Crippen LogP contribution in [0.4, 0.5) is 3.89 Å². The van der Waals surface area contributed by atoms with Crippen molar-refractivity contribution in [3.8, 4) is 28.3 Å². The van der Waals surface area contributed by atoms with Gasteiger partial charge in [0.25, 0.3) is 0 Å². The lowest BCUT2D eigenvalue weighted by Gasteiger charge is -2.23. The van der Waals surface area contributed by atoms with Gasteiger partial charge in [-0.2, -0.15) is 3.89 Å². The second-order valence-corrected chi connectivity index (χ2v) is 9.74. The highest BCUT2D eigenvalue weighted by Crippen LogP contribution is 2.42. The van der Waals surface area contributed by atoms with Crippen LogP contribution in [0, 0.1) is 20.8 Å². The molecule has 1 heterocycles. The van der Waals surface area contributed by atoms with E-state index >= 15 is 0 Å². The maximum Gasteiger partial charge on any atom is 0.145 e. The molecule has 0 N–H and O–H groups in total. The summed E-state index contributed by atoms with van der Waals surface area (Å²) in [5.74, 6) is 0.826. The molecule has 0 atom stereocenters. The molecule has 0 aliphatic rings. The molecular weight excluding hydrogens is 403 g/mol. The van der Waals surface area contributed by atoms with E-state index in [1.54, 1.807) is 0 Å². The molecule has 1 aromatic heterocycles. The van der Waals surface area contributed by atoms with E-state index in [-0.39, 0.29) is 0 Å². The van der Waals surface area contributed by atoms with Crippen LogP contribution in [0.5, 0.6) is 0 Å². The molecule has 0 unspecified atom stereocenters. The SMILES string of the molecule is Cc1cc(C)c(-n2cc(-c3ccccc3)nc2-c2ccccc2C(C)(C)SF)c(C)c1. The van der Waals surface area contributed by atoms with Crippen molar-refractivity contribution in [2.75, 3.05) is 0 Å². The van der Waals surface area contributed by atoms with Crippen molar-refractivity contribution in [2.45, 2.75) is 39.4 Å². The molecule has 0 aliphatic heterocycles. The van der Waals surface area contributed by atoms with Crippen LogP contribution >= 0.6 is 12.1 Å². The first kappa shape index (κ1) is 21.4. The number of aromatic nitrogens is 2. The van der Waals surface area contributed by atoms with Crippen molar-refractivity contribution in [2.24, 2.45) is 0 Å². The summed E-state index contributed by atoms with van der Waals surface area (Å²) in [6.07, 6.45) is 2.10. The summed E-state index contributed by atoms with van der Waals surface area (Å²) in [5.41, 5.74) is 8.56. The maximum atomic E-state index is 13.9. The van der Waals surface area contributed by atoms with E-state index in [9.17, 15) is 3.89 Å². The maximum absolute atomic E-state index is 13.9. The molecule has 4 heteroatoms. The van der Waals surface area contributed by atoms with Crippen LogP contribution in [0.2, 0.25) is 0 Å². The van der Waals surface area contributed by atoms with Gasteiger partial charge in [-0.3, -0.25) is 4.57 Å². The van der Waals surface area contributed by atoms with Gasteiger partial charge in [0.15, 0.2) is 0 Å². The molecule has 4 aromatic rings. The highest BCUT2D eigenvalue weighted by molar-refractivity contribution is 7.95. The van der Waals surface area contributed by atoms with Gasteiger partial charge in [-0.05, 0) is 51.3 Å². The van der Waals surface area contributed by atoms with E-state index < -0.39 is 4.75 Å². The number of aryl methyl sites for hydroxylation is 3. The van der Waals surface area contributed by atoms with E-state index in [1.807, 2.05) is 56.3 Å². The van der Waals surface area contributed by atoms with Crippen LogP contribution in [0.3, 0.4) is 0 Å². The zero-order chi connectivity index (χ0) is 22.2. The molecule has 0 spiro atoms. The molecule has 0 bridgehead atoms. The van der Waals surface area contributed by atoms with Gasteiger partial charge in [-0.25, -0.2) is 4.98 Å². The summed E-state index contributed by atoms with van der Waals surface area (Å²) >= 11 is 0.365. The standard InChI is InChI=1S/C27H27FN2S/c1-18-15-19(2)25(20(3)16-18)30-17-24(21-11-7-6-8-12-21)29-26(30)22-13-9-10-14-23(22)27(4,5)31-28/h6-17H,1-5H3. The Morgan fingerprint density at radius 3 is 2.13 bits per heavy atom. The number of nitrogens with zero attached hydrogens (tertiary/aromatic N) is 2. The Morgan fingerprint density at radius 2 is 1.48 bits per heavy atom. The van der Waals surface area contributed by atoms with Crippen molar-refractivity contribution in [1.82, 2.24) is 9.55 Å². The van der Waals surface area contributed by atoms with Gasteiger partial charge in [-0.15, -0.1) is 0 Å². The fourth-order valence-electron chi connectivity index (χ4n) is 4.29. The van der Waals surface area contributed by atoms with Crippen LogP contribution in [-0.2, 0) is 4.75 Å². The van der Waals surface area contributed by atoms with Crippen molar-refractivity contribution < 1.29 is 3.89 Å². The third-order valence-corrected chi connectivity index (χ3v) is 6.27. The number of rotatable bonds is 5. The summed E-state index contributed by atoms with van der Waals surface area (Å²) in [6.45, 7) is 10.2. The van der Waals surface area contributed by atoms with Gasteiger partial charge in [-0.1, -0.05) is 72.3 Å². The largest absolute Gasteiger partial charge is 0.299 e. The molecule has 31 heavy (non-hydrogen) atoms. The quantitative estimate of drug-likeness (QED) is 0.319. The van der Waals surface area contributed by atoms with Crippen LogP contribution < -0.4 is 0 Å². The molecule has 0 aliphatic carbocycles. The van der Waals surface area contributed by atoms with Gasteiger partial charge < -0.3 is 0 Å². The van der Waals surface area contributed by atoms with Gasteiger partial charge in [0.1, 0.15) is 5.82 Å². The van der Waals surface area contributed by atoms with Crippen LogP contribution in [0.15, 0.2) is 72.9 Å². The average molecular weight is 431 g/mol. The van der Waals surface area contributed by atoms with Gasteiger partial charge in [0, 0.05) is 17.3 Å². The van der Waals surface area contributed by atoms with Crippen LogP contribution in [-0.4, -0.2) is 9.55 Å². The number of hydrogen-bond acceptors (Lipinski definition) is 2. The topological polar surface area (TPSA) is 17.8 Å². The van der Waals surface area contributed by atoms with Crippen molar-refractivity contribution in [3.05, 3.63) is 95.2 Å². The molecule has 0 amide bonds. The Labute approximate surface area is 188 Å². The van der Waals surface area contributed by atoms with Gasteiger partial charge in [0.2, 0.25) is 0 Å². The fourth-order valence-corrected chi connectivity index (χ4v) is 4.55. The number of halogens is 1. The van der Waals surface area contributed by atoms with Crippen molar-refractivity contribution in [1.29, 1.82) is 0 Å². The van der Waals surface area contributed by atoms with Crippen molar-refractivity contribution >= 4 is 12.1 Å². The van der Waals surface area contributed by atoms with Crippen LogP contribution in [0.25, 0.3) is 28.3 Å². The minimum absolute atomic E-state index is 0.365. The minimum Gasteiger partial charge on any atom is -0.299 e. The van der Waals surface area contributed by atoms with E-state index in [1.165, 1.54) is 16.7 Å². The molecule has 0 saturated carbocycles. The lowest BCUT2D eigenvalue weighted by Crippen LogP contribution is -2.13. The third-order valence-electron chi connectivity index (χ3n) is 5.66. The zero-order valence-corrected chi connectivity index (χ0v) is 19.4. The second kappa shape index (κ2) is 8.35. The van der Waals surface area contributed by atoms with Gasteiger partial charge in [0.05, 0.1) is 28.3 Å². The first-order valence-electron chi connectivity index (χ1n) is 10.4. The van der Waals surface area contributed by atoms with Crippen LogP contribution in [0.1, 0.15) is 36.1 Å². The molecular formula is C27H27FN2S. The second-order valence-electron chi connectivity index (χ2n) is 8.57. The highest BCUT2D eigenvalue weighted by atomic mass is 32.2. The molecule has 0 radical (unpaired) electrons. The monoisotopic (exact) mass is 430 g/mol. The lowest BCUT2D eigenvalue weighted by molar-refractivity contribution is 0.742. The molecule has 3 aromatic carbocycles. The fraction of sp³-hybridized carbons (Fsp3) is 0.222. The first-order chi connectivity index (χ1) is 14.8. The Bertz CT molecular complexity index is 1200. The summed E-state index contributed by atoms with van der Waals surface area (Å²) in [5, 5.41) is 0. The normalized spacial score (nSPS) is 11.7. The van der Waals surface area contributed by atoms with E-state index in [2.05, 4.69) is 55.8 Å². The predicted molar refractivity (Wildman–Crippen MR) is 130 cm³/mol. The Kier molecular flexibility index (Phi) is 5.76.